The molecule has 2 aromatic carbocycles. The van der Waals surface area contributed by atoms with Gasteiger partial charge in [-0.15, -0.1) is 0 Å². The normalized spacial score (nSPS) is 17.4. The third-order valence-corrected chi connectivity index (χ3v) is 8.99. The van der Waals surface area contributed by atoms with Gasteiger partial charge in [-0.25, -0.2) is 17.2 Å². The molecule has 1 fully saturated rings. The highest BCUT2D eigenvalue weighted by atomic mass is 32.2. The van der Waals surface area contributed by atoms with Crippen molar-refractivity contribution >= 4 is 43.5 Å². The maximum Gasteiger partial charge on any atom is 0.326 e. The van der Waals surface area contributed by atoms with E-state index in [0.717, 1.165) is 36.7 Å². The lowest BCUT2D eigenvalue weighted by Crippen LogP contribution is -2.41. The van der Waals surface area contributed by atoms with Crippen molar-refractivity contribution in [1.82, 2.24) is 8.87 Å². The molecule has 1 amide bonds. The predicted octanol–water partition coefficient (Wildman–Crippen LogP) is 3.85. The number of nitrogens with zero attached hydrogens (tertiary/aromatic N) is 3. The Bertz CT molecular complexity index is 1480. The van der Waals surface area contributed by atoms with Gasteiger partial charge in [-0.2, -0.15) is 9.30 Å². The Kier molecular flexibility index (Phi) is 7.67. The lowest BCUT2D eigenvalue weighted by atomic mass is 10.1. The number of fused-ring (bicyclic) bond motifs is 1. The summed E-state index contributed by atoms with van der Waals surface area (Å²) in [5.41, 5.74) is 0.0329. The van der Waals surface area contributed by atoms with E-state index < -0.39 is 40.1 Å². The minimum Gasteiger partial charge on any atom is -0.465 e. The first-order valence-corrected chi connectivity index (χ1v) is 13.7. The molecule has 36 heavy (non-hydrogen) atoms. The molecule has 0 bridgehead atoms. The second kappa shape index (κ2) is 10.6. The van der Waals surface area contributed by atoms with E-state index >= 15 is 0 Å². The fourth-order valence-corrected chi connectivity index (χ4v) is 6.95. The molecule has 1 atom stereocenters. The zero-order valence-electron chi connectivity index (χ0n) is 19.7. The summed E-state index contributed by atoms with van der Waals surface area (Å²) in [5.74, 6) is -3.10. The van der Waals surface area contributed by atoms with E-state index in [0.29, 0.717) is 12.6 Å². The van der Waals surface area contributed by atoms with Crippen molar-refractivity contribution in [2.45, 2.75) is 50.6 Å². The molecule has 2 heterocycles. The molecule has 0 radical (unpaired) electrons. The third kappa shape index (κ3) is 5.25. The molecule has 192 valence electrons. The minimum atomic E-state index is -3.70. The molecule has 0 spiro atoms. The quantitative estimate of drug-likeness (QED) is 0.445. The number of carbonyl (C=O) groups is 2. The zero-order chi connectivity index (χ0) is 26.0. The molecule has 8 nitrogen and oxygen atoms in total. The Balaban J connectivity index is 1.69. The van der Waals surface area contributed by atoms with Crippen molar-refractivity contribution in [3.05, 3.63) is 58.4 Å². The maximum absolute atomic E-state index is 14.6. The molecule has 1 unspecified atom stereocenters. The highest BCUT2D eigenvalue weighted by molar-refractivity contribution is 7.89. The minimum absolute atomic E-state index is 0.0219. The molecular weight excluding hydrogens is 512 g/mol. The molecule has 1 aliphatic rings. The number of benzene rings is 2. The average molecular weight is 538 g/mol. The monoisotopic (exact) mass is 537 g/mol. The van der Waals surface area contributed by atoms with Crippen LogP contribution in [0.5, 0.6) is 0 Å². The smallest absolute Gasteiger partial charge is 0.326 e. The van der Waals surface area contributed by atoms with Gasteiger partial charge < -0.3 is 9.30 Å². The van der Waals surface area contributed by atoms with E-state index in [-0.39, 0.29) is 38.1 Å². The van der Waals surface area contributed by atoms with Crippen LogP contribution < -0.4 is 4.80 Å². The SMILES string of the molecule is CCOC(=O)Cn1c(=NC(=O)c2ccc(S(=O)(=O)N3CCCCC3C)cc2)sc2cc(F)cc(F)c21. The summed E-state index contributed by atoms with van der Waals surface area (Å²) in [7, 11) is -3.70. The Morgan fingerprint density at radius 3 is 2.56 bits per heavy atom. The van der Waals surface area contributed by atoms with E-state index in [4.69, 9.17) is 4.74 Å². The summed E-state index contributed by atoms with van der Waals surface area (Å²) in [5, 5.41) is 0. The summed E-state index contributed by atoms with van der Waals surface area (Å²) in [6, 6.07) is 7.10. The fourth-order valence-electron chi connectivity index (χ4n) is 4.18. The topological polar surface area (TPSA) is 98.0 Å². The highest BCUT2D eigenvalue weighted by Gasteiger charge is 2.31. The van der Waals surface area contributed by atoms with Crippen molar-refractivity contribution in [2.24, 2.45) is 4.99 Å². The van der Waals surface area contributed by atoms with Crippen LogP contribution in [-0.4, -0.2) is 48.4 Å². The van der Waals surface area contributed by atoms with Gasteiger partial charge in [-0.3, -0.25) is 9.59 Å². The van der Waals surface area contributed by atoms with Crippen molar-refractivity contribution < 1.29 is 31.5 Å². The van der Waals surface area contributed by atoms with Crippen molar-refractivity contribution in [3.63, 3.8) is 0 Å². The van der Waals surface area contributed by atoms with Gasteiger partial charge in [-0.1, -0.05) is 17.8 Å². The van der Waals surface area contributed by atoms with Crippen LogP contribution in [-0.2, 0) is 26.1 Å². The molecule has 12 heteroatoms. The van der Waals surface area contributed by atoms with Crippen molar-refractivity contribution in [1.29, 1.82) is 0 Å². The number of sulfonamides is 1. The van der Waals surface area contributed by atoms with Crippen molar-refractivity contribution in [2.75, 3.05) is 13.2 Å². The molecule has 3 aromatic rings. The van der Waals surface area contributed by atoms with Crippen LogP contribution in [0.15, 0.2) is 46.3 Å². The van der Waals surface area contributed by atoms with Gasteiger partial charge in [0.05, 0.1) is 21.7 Å². The molecule has 1 saturated heterocycles. The van der Waals surface area contributed by atoms with Crippen LogP contribution in [0.25, 0.3) is 10.2 Å². The van der Waals surface area contributed by atoms with Gasteiger partial charge in [0.15, 0.2) is 10.6 Å². The van der Waals surface area contributed by atoms with Crippen LogP contribution in [0.2, 0.25) is 0 Å². The molecule has 1 aromatic heterocycles. The summed E-state index contributed by atoms with van der Waals surface area (Å²) in [6.07, 6.45) is 2.57. The number of piperidine rings is 1. The number of halogens is 2. The standard InChI is InChI=1S/C24H25F2N3O5S2/c1-3-34-21(30)14-28-22-19(26)12-17(25)13-20(22)35-24(28)27-23(31)16-7-9-18(10-8-16)36(32,33)29-11-5-4-6-15(29)2/h7-10,12-13,15H,3-6,11,14H2,1-2H3. The number of ether oxygens (including phenoxy) is 1. The lowest BCUT2D eigenvalue weighted by Gasteiger charge is -2.32. The Labute approximate surface area is 210 Å². The van der Waals surface area contributed by atoms with Crippen molar-refractivity contribution in [3.8, 4) is 0 Å². The summed E-state index contributed by atoms with van der Waals surface area (Å²) in [4.78, 5) is 29.1. The second-order valence-corrected chi connectivity index (χ2v) is 11.3. The summed E-state index contributed by atoms with van der Waals surface area (Å²) < 4.78 is 62.1. The van der Waals surface area contributed by atoms with Crippen LogP contribution in [0, 0.1) is 11.6 Å². The number of esters is 1. The van der Waals surface area contributed by atoms with Crippen LogP contribution in [0.3, 0.4) is 0 Å². The van der Waals surface area contributed by atoms with Gasteiger partial charge in [-0.05, 0) is 57.0 Å². The summed E-state index contributed by atoms with van der Waals surface area (Å²) in [6.45, 7) is 3.62. The maximum atomic E-state index is 14.6. The van der Waals surface area contributed by atoms with Gasteiger partial charge in [0, 0.05) is 24.2 Å². The fraction of sp³-hybridized carbons (Fsp3) is 0.375. The largest absolute Gasteiger partial charge is 0.465 e. The summed E-state index contributed by atoms with van der Waals surface area (Å²) >= 11 is 0.847. The average Bonchev–Trinajstić information content (AvgIpc) is 3.15. The third-order valence-electron chi connectivity index (χ3n) is 5.93. The lowest BCUT2D eigenvalue weighted by molar-refractivity contribution is -0.143. The number of rotatable bonds is 6. The number of hydrogen-bond acceptors (Lipinski definition) is 6. The molecule has 1 aliphatic heterocycles. The Morgan fingerprint density at radius 1 is 1.17 bits per heavy atom. The van der Waals surface area contributed by atoms with Crippen LogP contribution >= 0.6 is 11.3 Å². The first-order valence-electron chi connectivity index (χ1n) is 11.5. The van der Waals surface area contributed by atoms with E-state index in [9.17, 15) is 26.8 Å². The van der Waals surface area contributed by atoms with Gasteiger partial charge in [0.25, 0.3) is 5.91 Å². The van der Waals surface area contributed by atoms with E-state index in [1.54, 1.807) is 6.92 Å². The van der Waals surface area contributed by atoms with Gasteiger partial charge in [0.2, 0.25) is 10.0 Å². The molecule has 0 N–H and O–H groups in total. The number of thiazole rings is 1. The molecule has 4 rings (SSSR count). The predicted molar refractivity (Wildman–Crippen MR) is 130 cm³/mol. The van der Waals surface area contributed by atoms with E-state index in [2.05, 4.69) is 4.99 Å². The Morgan fingerprint density at radius 2 is 1.89 bits per heavy atom. The molecule has 0 aliphatic carbocycles. The number of hydrogen-bond donors (Lipinski definition) is 0. The zero-order valence-corrected chi connectivity index (χ0v) is 21.4. The van der Waals surface area contributed by atoms with E-state index in [1.165, 1.54) is 33.1 Å². The number of carbonyl (C=O) groups excluding carboxylic acids is 2. The number of amides is 1. The second-order valence-electron chi connectivity index (χ2n) is 8.41. The van der Waals surface area contributed by atoms with Gasteiger partial charge in [0.1, 0.15) is 12.4 Å². The number of aromatic nitrogens is 1. The molecule has 0 saturated carbocycles. The van der Waals surface area contributed by atoms with Gasteiger partial charge >= 0.3 is 5.97 Å². The van der Waals surface area contributed by atoms with Crippen LogP contribution in [0.1, 0.15) is 43.5 Å². The van der Waals surface area contributed by atoms with Crippen LogP contribution in [0.4, 0.5) is 8.78 Å². The first-order chi connectivity index (χ1) is 17.1. The Hall–Kier alpha value is -2.96. The molecular formula is C24H25F2N3O5S2. The first kappa shape index (κ1) is 26.1. The highest BCUT2D eigenvalue weighted by Crippen LogP contribution is 2.26. The van der Waals surface area contributed by atoms with E-state index in [1.807, 2.05) is 6.92 Å².